The molecule has 136 valence electrons. The number of sulfonamides is 1. The van der Waals surface area contributed by atoms with Crippen LogP contribution in [0.1, 0.15) is 6.42 Å². The highest BCUT2D eigenvalue weighted by atomic mass is 32.2. The molecule has 0 fully saturated rings. The van der Waals surface area contributed by atoms with Gasteiger partial charge in [0.25, 0.3) is 0 Å². The van der Waals surface area contributed by atoms with Gasteiger partial charge in [-0.1, -0.05) is 0 Å². The summed E-state index contributed by atoms with van der Waals surface area (Å²) in [6.45, 7) is 0.367. The van der Waals surface area contributed by atoms with Crippen molar-refractivity contribution in [3.05, 3.63) is 18.2 Å². The molecule has 0 radical (unpaired) electrons. The number of nitrogens with one attached hydrogen (secondary N) is 1. The Kier molecular flexibility index (Phi) is 7.96. The minimum Gasteiger partial charge on any atom is -0.493 e. The van der Waals surface area contributed by atoms with Gasteiger partial charge < -0.3 is 19.5 Å². The number of hydrogen-bond donors (Lipinski definition) is 1. The molecule has 0 bridgehead atoms. The fraction of sp³-hybridized carbons (Fsp3) is 0.533. The van der Waals surface area contributed by atoms with Crippen molar-refractivity contribution in [2.75, 3.05) is 52.6 Å². The Balaban J connectivity index is 2.75. The largest absolute Gasteiger partial charge is 0.493 e. The van der Waals surface area contributed by atoms with Crippen LogP contribution in [0.25, 0.3) is 0 Å². The monoisotopic (exact) mass is 360 g/mol. The molecule has 1 rings (SSSR count). The summed E-state index contributed by atoms with van der Waals surface area (Å²) in [5.41, 5.74) is 0.489. The van der Waals surface area contributed by atoms with Gasteiger partial charge in [-0.15, -0.1) is 0 Å². The lowest BCUT2D eigenvalue weighted by Gasteiger charge is -2.19. The highest BCUT2D eigenvalue weighted by Crippen LogP contribution is 2.29. The van der Waals surface area contributed by atoms with Crippen molar-refractivity contribution in [2.45, 2.75) is 6.42 Å². The summed E-state index contributed by atoms with van der Waals surface area (Å²) in [6, 6.07) is 4.91. The van der Waals surface area contributed by atoms with Gasteiger partial charge >= 0.3 is 0 Å². The van der Waals surface area contributed by atoms with Gasteiger partial charge in [0.05, 0.1) is 27.0 Å². The van der Waals surface area contributed by atoms with E-state index < -0.39 is 15.9 Å². The van der Waals surface area contributed by atoms with Gasteiger partial charge in [0.1, 0.15) is 0 Å². The second-order valence-electron chi connectivity index (χ2n) is 5.06. The number of benzene rings is 1. The molecule has 0 aliphatic heterocycles. The molecule has 1 N–H and O–H groups in total. The zero-order valence-corrected chi connectivity index (χ0v) is 15.2. The number of carbonyl (C=O) groups is 1. The molecule has 0 saturated heterocycles. The molecule has 0 saturated carbocycles. The molecule has 9 heteroatoms. The fourth-order valence-corrected chi connectivity index (χ4v) is 2.83. The Labute approximate surface area is 142 Å². The van der Waals surface area contributed by atoms with E-state index in [1.165, 1.54) is 21.3 Å². The molecule has 0 aromatic heterocycles. The van der Waals surface area contributed by atoms with Crippen molar-refractivity contribution in [3.63, 3.8) is 0 Å². The van der Waals surface area contributed by atoms with E-state index in [-0.39, 0.29) is 13.1 Å². The van der Waals surface area contributed by atoms with E-state index >= 15 is 0 Å². The number of hydrogen-bond acceptors (Lipinski definition) is 6. The minimum absolute atomic E-state index is 0.214. The summed E-state index contributed by atoms with van der Waals surface area (Å²) >= 11 is 0. The average molecular weight is 360 g/mol. The summed E-state index contributed by atoms with van der Waals surface area (Å²) in [7, 11) is 1.06. The second-order valence-corrected chi connectivity index (χ2v) is 7.04. The summed E-state index contributed by atoms with van der Waals surface area (Å²) < 4.78 is 39.8. The predicted octanol–water partition coefficient (Wildman–Crippen LogP) is 0.940. The van der Waals surface area contributed by atoms with Gasteiger partial charge in [-0.2, -0.15) is 4.31 Å². The molecule has 0 atom stereocenters. The molecule has 0 unspecified atom stereocenters. The lowest BCUT2D eigenvalue weighted by molar-refractivity contribution is -0.116. The van der Waals surface area contributed by atoms with Gasteiger partial charge in [-0.05, 0) is 18.6 Å². The zero-order chi connectivity index (χ0) is 18.2. The summed E-state index contributed by atoms with van der Waals surface area (Å²) in [6.07, 6.45) is 1.58. The summed E-state index contributed by atoms with van der Waals surface area (Å²) in [4.78, 5) is 12.1. The standard InChI is InChI=1S/C15H24N2O6S/c1-21-9-5-8-17(24(4,19)20)11-15(18)16-12-6-7-13(22-2)14(10-12)23-3/h6-7,10H,5,8-9,11H2,1-4H3,(H,16,18). The zero-order valence-electron chi connectivity index (χ0n) is 14.4. The molecular weight excluding hydrogens is 336 g/mol. The van der Waals surface area contributed by atoms with Gasteiger partial charge in [0, 0.05) is 32.0 Å². The van der Waals surface area contributed by atoms with E-state index in [0.717, 1.165) is 10.6 Å². The molecule has 0 aliphatic rings. The topological polar surface area (TPSA) is 94.2 Å². The Bertz CT molecular complexity index is 647. The normalized spacial score (nSPS) is 11.4. The smallest absolute Gasteiger partial charge is 0.239 e. The van der Waals surface area contributed by atoms with Crippen LogP contribution < -0.4 is 14.8 Å². The number of carbonyl (C=O) groups excluding carboxylic acids is 1. The Morgan fingerprint density at radius 1 is 1.17 bits per heavy atom. The van der Waals surface area contributed by atoms with Crippen LogP contribution in [0.2, 0.25) is 0 Å². The highest BCUT2D eigenvalue weighted by Gasteiger charge is 2.20. The van der Waals surface area contributed by atoms with Gasteiger partial charge in [-0.25, -0.2) is 8.42 Å². The highest BCUT2D eigenvalue weighted by molar-refractivity contribution is 7.88. The number of amides is 1. The molecule has 1 aromatic carbocycles. The molecule has 1 aromatic rings. The van der Waals surface area contributed by atoms with Crippen LogP contribution in [0.15, 0.2) is 18.2 Å². The van der Waals surface area contributed by atoms with E-state index in [0.29, 0.717) is 30.2 Å². The van der Waals surface area contributed by atoms with Crippen LogP contribution in [-0.2, 0) is 19.6 Å². The predicted molar refractivity (Wildman–Crippen MR) is 91.1 cm³/mol. The average Bonchev–Trinajstić information content (AvgIpc) is 2.53. The van der Waals surface area contributed by atoms with Crippen LogP contribution in [-0.4, -0.2) is 65.9 Å². The molecule has 1 amide bonds. The van der Waals surface area contributed by atoms with Crippen molar-refractivity contribution in [2.24, 2.45) is 0 Å². The molecule has 0 heterocycles. The van der Waals surface area contributed by atoms with Crippen LogP contribution >= 0.6 is 0 Å². The number of anilines is 1. The van der Waals surface area contributed by atoms with Gasteiger partial charge in [0.15, 0.2) is 11.5 Å². The second kappa shape index (κ2) is 9.45. The van der Waals surface area contributed by atoms with Crippen molar-refractivity contribution in [3.8, 4) is 11.5 Å². The first-order valence-electron chi connectivity index (χ1n) is 7.27. The first-order valence-corrected chi connectivity index (χ1v) is 9.12. The number of nitrogens with zero attached hydrogens (tertiary/aromatic N) is 1. The lowest BCUT2D eigenvalue weighted by Crippen LogP contribution is -2.38. The summed E-state index contributed by atoms with van der Waals surface area (Å²) in [5, 5.41) is 2.65. The van der Waals surface area contributed by atoms with Crippen molar-refractivity contribution in [1.29, 1.82) is 0 Å². The Hall–Kier alpha value is -1.84. The third-order valence-corrected chi connectivity index (χ3v) is 4.46. The van der Waals surface area contributed by atoms with E-state index in [2.05, 4.69) is 5.32 Å². The molecule has 0 spiro atoms. The van der Waals surface area contributed by atoms with Crippen molar-refractivity contribution in [1.82, 2.24) is 4.31 Å². The Morgan fingerprint density at radius 3 is 2.38 bits per heavy atom. The van der Waals surface area contributed by atoms with Crippen LogP contribution in [0.4, 0.5) is 5.69 Å². The number of methoxy groups -OCH3 is 3. The van der Waals surface area contributed by atoms with Crippen molar-refractivity contribution < 1.29 is 27.4 Å². The minimum atomic E-state index is -3.48. The first kappa shape index (κ1) is 20.2. The lowest BCUT2D eigenvalue weighted by atomic mass is 10.2. The van der Waals surface area contributed by atoms with Crippen LogP contribution in [0.5, 0.6) is 11.5 Å². The van der Waals surface area contributed by atoms with E-state index in [1.54, 1.807) is 18.2 Å². The van der Waals surface area contributed by atoms with Crippen LogP contribution in [0, 0.1) is 0 Å². The first-order chi connectivity index (χ1) is 11.3. The third kappa shape index (κ3) is 6.34. The van der Waals surface area contributed by atoms with Gasteiger partial charge in [-0.3, -0.25) is 4.79 Å². The van der Waals surface area contributed by atoms with Crippen LogP contribution in [0.3, 0.4) is 0 Å². The maximum absolute atomic E-state index is 12.1. The maximum atomic E-state index is 12.1. The van der Waals surface area contributed by atoms with E-state index in [1.807, 2.05) is 0 Å². The molecule has 0 aliphatic carbocycles. The molecular formula is C15H24N2O6S. The fourth-order valence-electron chi connectivity index (χ4n) is 2.02. The number of rotatable bonds is 10. The Morgan fingerprint density at radius 2 is 1.83 bits per heavy atom. The van der Waals surface area contributed by atoms with Gasteiger partial charge in [0.2, 0.25) is 15.9 Å². The molecule has 8 nitrogen and oxygen atoms in total. The summed E-state index contributed by atoms with van der Waals surface area (Å²) in [5.74, 6) is 0.563. The SMILES string of the molecule is COCCCN(CC(=O)Nc1ccc(OC)c(OC)c1)S(C)(=O)=O. The van der Waals surface area contributed by atoms with E-state index in [9.17, 15) is 13.2 Å². The number of ether oxygens (including phenoxy) is 3. The quantitative estimate of drug-likeness (QED) is 0.624. The third-order valence-electron chi connectivity index (χ3n) is 3.21. The maximum Gasteiger partial charge on any atom is 0.239 e. The van der Waals surface area contributed by atoms with Crippen molar-refractivity contribution >= 4 is 21.6 Å². The molecule has 24 heavy (non-hydrogen) atoms. The van der Waals surface area contributed by atoms with E-state index in [4.69, 9.17) is 14.2 Å².